The molecule has 6 heteroatoms. The van der Waals surface area contributed by atoms with Crippen LogP contribution in [0.4, 0.5) is 0 Å². The van der Waals surface area contributed by atoms with Gasteiger partial charge < -0.3 is 20.3 Å². The minimum absolute atomic E-state index is 0.00859. The normalized spacial score (nSPS) is 17.6. The lowest BCUT2D eigenvalue weighted by molar-refractivity contribution is 0.0696. The second kappa shape index (κ2) is 7.42. The maximum atomic E-state index is 11.0. The van der Waals surface area contributed by atoms with Crippen LogP contribution in [0.1, 0.15) is 34.0 Å². The van der Waals surface area contributed by atoms with Crippen LogP contribution in [0.5, 0.6) is 5.75 Å². The van der Waals surface area contributed by atoms with Crippen molar-refractivity contribution < 1.29 is 19.7 Å². The van der Waals surface area contributed by atoms with Crippen molar-refractivity contribution in [2.45, 2.75) is 25.0 Å². The van der Waals surface area contributed by atoms with Crippen LogP contribution in [0, 0.1) is 0 Å². The number of aromatic nitrogens is 1. The minimum Gasteiger partial charge on any atom is -0.489 e. The van der Waals surface area contributed by atoms with Gasteiger partial charge in [0.2, 0.25) is 0 Å². The number of fused-ring (bicyclic) bond motifs is 1. The predicted octanol–water partition coefficient (Wildman–Crippen LogP) is 1.80. The van der Waals surface area contributed by atoms with Gasteiger partial charge in [0.05, 0.1) is 11.7 Å². The van der Waals surface area contributed by atoms with Crippen LogP contribution >= 0.6 is 0 Å². The monoisotopic (exact) mass is 328 g/mol. The molecule has 1 aliphatic rings. The minimum atomic E-state index is -0.925. The highest BCUT2D eigenvalue weighted by Crippen LogP contribution is 2.28. The lowest BCUT2D eigenvalue weighted by Gasteiger charge is -2.27. The van der Waals surface area contributed by atoms with Crippen molar-refractivity contribution in [2.24, 2.45) is 0 Å². The van der Waals surface area contributed by atoms with Crippen LogP contribution in [-0.2, 0) is 6.42 Å². The Kier molecular flexibility index (Phi) is 5.08. The number of aliphatic hydroxyl groups excluding tert-OH is 1. The summed E-state index contributed by atoms with van der Waals surface area (Å²) in [6.45, 7) is 1.05. The first-order chi connectivity index (χ1) is 11.6. The zero-order chi connectivity index (χ0) is 16.9. The maximum absolute atomic E-state index is 11.0. The van der Waals surface area contributed by atoms with E-state index >= 15 is 0 Å². The van der Waals surface area contributed by atoms with Gasteiger partial charge in [0, 0.05) is 31.0 Å². The number of aryl methyl sites for hydroxylation is 1. The van der Waals surface area contributed by atoms with Gasteiger partial charge in [-0.3, -0.25) is 4.98 Å². The molecule has 0 saturated carbocycles. The standard InChI is InChI=1S/C18H20N2O4/c21-16(14-2-1-7-19-9-14)11-20-10-15-5-3-12-8-13(18(22)23)4-6-17(12)24-15/h1-2,4,6-9,15-16,20-21H,3,5,10-11H2,(H,22,23). The van der Waals surface area contributed by atoms with E-state index in [1.165, 1.54) is 0 Å². The summed E-state index contributed by atoms with van der Waals surface area (Å²) in [7, 11) is 0. The van der Waals surface area contributed by atoms with Crippen molar-refractivity contribution in [3.63, 3.8) is 0 Å². The van der Waals surface area contributed by atoms with E-state index in [-0.39, 0.29) is 11.7 Å². The predicted molar refractivity (Wildman–Crippen MR) is 88.2 cm³/mol. The van der Waals surface area contributed by atoms with Gasteiger partial charge in [0.1, 0.15) is 11.9 Å². The fourth-order valence-corrected chi connectivity index (χ4v) is 2.79. The fraction of sp³-hybridized carbons (Fsp3) is 0.333. The van der Waals surface area contributed by atoms with E-state index in [0.717, 1.165) is 29.7 Å². The molecule has 2 aromatic rings. The van der Waals surface area contributed by atoms with Gasteiger partial charge in [0.15, 0.2) is 0 Å². The second-order valence-corrected chi connectivity index (χ2v) is 5.87. The lowest BCUT2D eigenvalue weighted by Crippen LogP contribution is -2.36. The number of nitrogens with one attached hydrogen (secondary N) is 1. The SMILES string of the molecule is O=C(O)c1ccc2c(c1)CCC(CNCC(O)c1cccnc1)O2. The van der Waals surface area contributed by atoms with Crippen molar-refractivity contribution in [2.75, 3.05) is 13.1 Å². The van der Waals surface area contributed by atoms with Crippen molar-refractivity contribution in [3.05, 3.63) is 59.4 Å². The number of aliphatic hydroxyl groups is 1. The first-order valence-electron chi connectivity index (χ1n) is 7.95. The molecular formula is C18H20N2O4. The number of aromatic carboxylic acids is 1. The molecule has 1 aromatic heterocycles. The molecular weight excluding hydrogens is 308 g/mol. The van der Waals surface area contributed by atoms with Gasteiger partial charge >= 0.3 is 5.97 Å². The molecule has 3 N–H and O–H groups in total. The Morgan fingerprint density at radius 3 is 3.04 bits per heavy atom. The van der Waals surface area contributed by atoms with Gasteiger partial charge in [-0.2, -0.15) is 0 Å². The molecule has 0 spiro atoms. The van der Waals surface area contributed by atoms with E-state index in [1.807, 2.05) is 6.07 Å². The molecule has 1 aromatic carbocycles. The summed E-state index contributed by atoms with van der Waals surface area (Å²) in [5, 5.41) is 22.3. The molecule has 0 fully saturated rings. The Hall–Kier alpha value is -2.44. The van der Waals surface area contributed by atoms with Crippen molar-refractivity contribution in [1.29, 1.82) is 0 Å². The highest BCUT2D eigenvalue weighted by Gasteiger charge is 2.21. The molecule has 3 rings (SSSR count). The number of carboxylic acids is 1. The number of nitrogens with zero attached hydrogens (tertiary/aromatic N) is 1. The molecule has 2 atom stereocenters. The quantitative estimate of drug-likeness (QED) is 0.749. The molecule has 1 aliphatic heterocycles. The Bertz CT molecular complexity index is 705. The van der Waals surface area contributed by atoms with Crippen LogP contribution in [0.15, 0.2) is 42.7 Å². The lowest BCUT2D eigenvalue weighted by atomic mass is 10.00. The average Bonchev–Trinajstić information content (AvgIpc) is 2.61. The van der Waals surface area contributed by atoms with Crippen LogP contribution in [-0.4, -0.2) is 40.4 Å². The number of carboxylic acid groups (broad SMARTS) is 1. The molecule has 2 unspecified atom stereocenters. The molecule has 6 nitrogen and oxygen atoms in total. The van der Waals surface area contributed by atoms with Gasteiger partial charge in [-0.05, 0) is 42.7 Å². The highest BCUT2D eigenvalue weighted by molar-refractivity contribution is 5.88. The summed E-state index contributed by atoms with van der Waals surface area (Å²) >= 11 is 0. The largest absolute Gasteiger partial charge is 0.489 e. The Morgan fingerprint density at radius 2 is 2.29 bits per heavy atom. The Morgan fingerprint density at radius 1 is 1.42 bits per heavy atom. The summed E-state index contributed by atoms with van der Waals surface area (Å²) in [6, 6.07) is 8.59. The number of benzene rings is 1. The third-order valence-corrected chi connectivity index (χ3v) is 4.12. The highest BCUT2D eigenvalue weighted by atomic mass is 16.5. The first kappa shape index (κ1) is 16.4. The third-order valence-electron chi connectivity index (χ3n) is 4.12. The molecule has 0 saturated heterocycles. The van der Waals surface area contributed by atoms with Crippen molar-refractivity contribution >= 4 is 5.97 Å². The smallest absolute Gasteiger partial charge is 0.335 e. The number of hydrogen-bond donors (Lipinski definition) is 3. The van der Waals surface area contributed by atoms with E-state index in [1.54, 1.807) is 36.7 Å². The maximum Gasteiger partial charge on any atom is 0.335 e. The zero-order valence-corrected chi connectivity index (χ0v) is 13.2. The molecule has 0 bridgehead atoms. The number of rotatable bonds is 6. The Balaban J connectivity index is 1.50. The fourth-order valence-electron chi connectivity index (χ4n) is 2.79. The summed E-state index contributed by atoms with van der Waals surface area (Å²) < 4.78 is 5.90. The van der Waals surface area contributed by atoms with Gasteiger partial charge in [-0.25, -0.2) is 4.79 Å². The zero-order valence-electron chi connectivity index (χ0n) is 13.2. The van der Waals surface area contributed by atoms with E-state index in [0.29, 0.717) is 13.1 Å². The third kappa shape index (κ3) is 3.90. The summed E-state index contributed by atoms with van der Waals surface area (Å²) in [5.41, 5.74) is 2.00. The van der Waals surface area contributed by atoms with E-state index in [2.05, 4.69) is 10.3 Å². The average molecular weight is 328 g/mol. The molecule has 0 aliphatic carbocycles. The van der Waals surface area contributed by atoms with Gasteiger partial charge in [-0.1, -0.05) is 6.07 Å². The Labute approximate surface area is 140 Å². The van der Waals surface area contributed by atoms with Crippen LogP contribution in [0.3, 0.4) is 0 Å². The van der Waals surface area contributed by atoms with E-state index in [9.17, 15) is 9.90 Å². The molecule has 24 heavy (non-hydrogen) atoms. The molecule has 2 heterocycles. The molecule has 0 amide bonds. The second-order valence-electron chi connectivity index (χ2n) is 5.87. The topological polar surface area (TPSA) is 91.7 Å². The van der Waals surface area contributed by atoms with Crippen molar-refractivity contribution in [3.8, 4) is 5.75 Å². The first-order valence-corrected chi connectivity index (χ1v) is 7.95. The van der Waals surface area contributed by atoms with Gasteiger partial charge in [-0.15, -0.1) is 0 Å². The van der Waals surface area contributed by atoms with E-state index < -0.39 is 12.1 Å². The summed E-state index contributed by atoms with van der Waals surface area (Å²) in [6.07, 6.45) is 4.33. The van der Waals surface area contributed by atoms with Crippen molar-refractivity contribution in [1.82, 2.24) is 10.3 Å². The number of pyridine rings is 1. The number of ether oxygens (including phenoxy) is 1. The van der Waals surface area contributed by atoms with Crippen LogP contribution < -0.4 is 10.1 Å². The van der Waals surface area contributed by atoms with Gasteiger partial charge in [0.25, 0.3) is 0 Å². The summed E-state index contributed by atoms with van der Waals surface area (Å²) in [5.74, 6) is -0.183. The number of hydrogen-bond acceptors (Lipinski definition) is 5. The summed E-state index contributed by atoms with van der Waals surface area (Å²) in [4.78, 5) is 15.0. The van der Waals surface area contributed by atoms with E-state index in [4.69, 9.17) is 9.84 Å². The molecule has 0 radical (unpaired) electrons. The molecule has 126 valence electrons. The number of carbonyl (C=O) groups is 1. The van der Waals surface area contributed by atoms with Crippen LogP contribution in [0.2, 0.25) is 0 Å². The van der Waals surface area contributed by atoms with Crippen LogP contribution in [0.25, 0.3) is 0 Å².